The highest BCUT2D eigenvalue weighted by molar-refractivity contribution is 6.29. The number of carboxylic acid groups (broad SMARTS) is 1. The molecule has 21 heavy (non-hydrogen) atoms. The first-order valence-corrected chi connectivity index (χ1v) is 6.63. The number of nitrogens with zero attached hydrogens (tertiary/aromatic N) is 2. The number of pyridine rings is 2. The van der Waals surface area contributed by atoms with Crippen LogP contribution in [0.1, 0.15) is 13.8 Å². The van der Waals surface area contributed by atoms with E-state index in [2.05, 4.69) is 9.97 Å². The van der Waals surface area contributed by atoms with Gasteiger partial charge in [-0.15, -0.1) is 0 Å². The van der Waals surface area contributed by atoms with E-state index in [-0.39, 0.29) is 6.61 Å². The minimum absolute atomic E-state index is 0.250. The van der Waals surface area contributed by atoms with Gasteiger partial charge < -0.3 is 10.2 Å². The second-order valence-corrected chi connectivity index (χ2v) is 3.91. The second kappa shape index (κ2) is 16.4. The Morgan fingerprint density at radius 3 is 1.43 bits per heavy atom. The molecule has 2 aromatic rings. The fourth-order valence-corrected chi connectivity index (χ4v) is 0.942. The Hall–Kier alpha value is -1.69. The number of hydrogen-bond acceptors (Lipinski definition) is 4. The molecule has 0 atom stereocenters. The Balaban J connectivity index is 0. The molecule has 2 heterocycles. The minimum atomic E-state index is -0.833. The van der Waals surface area contributed by atoms with Gasteiger partial charge in [-0.25, -0.2) is 9.97 Å². The third-order valence-electron chi connectivity index (χ3n) is 1.26. The van der Waals surface area contributed by atoms with Crippen molar-refractivity contribution in [2.24, 2.45) is 0 Å². The van der Waals surface area contributed by atoms with E-state index in [1.54, 1.807) is 31.5 Å². The predicted molar refractivity (Wildman–Crippen MR) is 84.6 cm³/mol. The Morgan fingerprint density at radius 1 is 1.05 bits per heavy atom. The Kier molecular flexibility index (Phi) is 16.8. The lowest BCUT2D eigenvalue weighted by molar-refractivity contribution is -0.134. The smallest absolute Gasteiger partial charge is 0.300 e. The molecule has 116 valence electrons. The number of aliphatic carboxylic acids is 1. The summed E-state index contributed by atoms with van der Waals surface area (Å²) >= 11 is 10.9. The standard InChI is InChI=1S/2C5H4ClN.C2H4O2.C2H6O/c2*6-5-3-1-2-4-7-5;1-2(3)4;1-2-3/h2*1-4H;1H3,(H,3,4);3H,2H2,1H3. The topological polar surface area (TPSA) is 83.3 Å². The van der Waals surface area contributed by atoms with E-state index in [0.29, 0.717) is 10.3 Å². The summed E-state index contributed by atoms with van der Waals surface area (Å²) in [6, 6.07) is 10.8. The maximum Gasteiger partial charge on any atom is 0.300 e. The number of aliphatic hydroxyl groups excluding tert-OH is 1. The summed E-state index contributed by atoms with van der Waals surface area (Å²) in [6.45, 7) is 3.01. The molecule has 0 bridgehead atoms. The van der Waals surface area contributed by atoms with Crippen molar-refractivity contribution in [1.29, 1.82) is 0 Å². The second-order valence-electron chi connectivity index (χ2n) is 3.14. The molecule has 7 heteroatoms. The summed E-state index contributed by atoms with van der Waals surface area (Å²) in [5, 5.41) is 16.1. The lowest BCUT2D eigenvalue weighted by Crippen LogP contribution is -1.78. The van der Waals surface area contributed by atoms with Crippen molar-refractivity contribution in [2.45, 2.75) is 13.8 Å². The van der Waals surface area contributed by atoms with Gasteiger partial charge in [-0.05, 0) is 31.2 Å². The number of aromatic nitrogens is 2. The van der Waals surface area contributed by atoms with Crippen LogP contribution in [0.2, 0.25) is 10.3 Å². The third-order valence-corrected chi connectivity index (χ3v) is 1.70. The number of carbonyl (C=O) groups is 1. The minimum Gasteiger partial charge on any atom is -0.481 e. The molecule has 0 radical (unpaired) electrons. The number of hydrogen-bond donors (Lipinski definition) is 2. The molecule has 0 aromatic carbocycles. The normalized spacial score (nSPS) is 7.86. The number of aliphatic hydroxyl groups is 1. The van der Waals surface area contributed by atoms with Crippen LogP contribution in [-0.4, -0.2) is 32.8 Å². The van der Waals surface area contributed by atoms with Crippen LogP contribution in [0, 0.1) is 0 Å². The maximum absolute atomic E-state index is 9.00. The van der Waals surface area contributed by atoms with E-state index in [1.165, 1.54) is 0 Å². The van der Waals surface area contributed by atoms with Gasteiger partial charge in [0.2, 0.25) is 0 Å². The van der Waals surface area contributed by atoms with Gasteiger partial charge in [-0.1, -0.05) is 35.3 Å². The van der Waals surface area contributed by atoms with Crippen molar-refractivity contribution in [1.82, 2.24) is 9.97 Å². The van der Waals surface area contributed by atoms with E-state index < -0.39 is 5.97 Å². The van der Waals surface area contributed by atoms with Gasteiger partial charge in [0, 0.05) is 25.9 Å². The largest absolute Gasteiger partial charge is 0.481 e. The molecule has 0 unspecified atom stereocenters. The average molecular weight is 333 g/mol. The van der Waals surface area contributed by atoms with Gasteiger partial charge in [0.25, 0.3) is 5.97 Å². The highest BCUT2D eigenvalue weighted by atomic mass is 35.5. The zero-order chi connectivity index (χ0) is 16.5. The lowest BCUT2D eigenvalue weighted by atomic mass is 10.5. The summed E-state index contributed by atoms with van der Waals surface area (Å²) in [6.07, 6.45) is 3.31. The van der Waals surface area contributed by atoms with Crippen molar-refractivity contribution < 1.29 is 15.0 Å². The predicted octanol–water partition coefficient (Wildman–Crippen LogP) is 3.56. The lowest BCUT2D eigenvalue weighted by Gasteiger charge is -1.79. The zero-order valence-electron chi connectivity index (χ0n) is 11.8. The summed E-state index contributed by atoms with van der Waals surface area (Å²) in [4.78, 5) is 16.5. The molecule has 5 nitrogen and oxygen atoms in total. The van der Waals surface area contributed by atoms with Crippen LogP contribution in [0.5, 0.6) is 0 Å². The molecule has 0 fully saturated rings. The fourth-order valence-electron chi connectivity index (χ4n) is 0.684. The van der Waals surface area contributed by atoms with Gasteiger partial charge in [-0.2, -0.15) is 0 Å². The van der Waals surface area contributed by atoms with Crippen molar-refractivity contribution in [3.05, 3.63) is 59.1 Å². The van der Waals surface area contributed by atoms with Crippen molar-refractivity contribution in [3.63, 3.8) is 0 Å². The van der Waals surface area contributed by atoms with Gasteiger partial charge in [0.05, 0.1) is 0 Å². The molecule has 0 aliphatic carbocycles. The molecule has 2 aromatic heterocycles. The van der Waals surface area contributed by atoms with Crippen molar-refractivity contribution in [2.75, 3.05) is 6.61 Å². The highest BCUT2D eigenvalue weighted by Crippen LogP contribution is 1.98. The molecule has 0 spiro atoms. The molecule has 2 N–H and O–H groups in total. The zero-order valence-corrected chi connectivity index (χ0v) is 13.3. The van der Waals surface area contributed by atoms with Crippen LogP contribution in [-0.2, 0) is 4.79 Å². The first kappa shape index (κ1) is 21.6. The molecular weight excluding hydrogens is 315 g/mol. The van der Waals surface area contributed by atoms with Crippen LogP contribution >= 0.6 is 23.2 Å². The molecule has 0 amide bonds. The Labute approximate surface area is 134 Å². The van der Waals surface area contributed by atoms with Crippen LogP contribution in [0.25, 0.3) is 0 Å². The monoisotopic (exact) mass is 332 g/mol. The quantitative estimate of drug-likeness (QED) is 0.720. The number of rotatable bonds is 0. The summed E-state index contributed by atoms with van der Waals surface area (Å²) in [7, 11) is 0. The van der Waals surface area contributed by atoms with Crippen molar-refractivity contribution in [3.8, 4) is 0 Å². The first-order chi connectivity index (χ1) is 9.93. The fraction of sp³-hybridized carbons (Fsp3) is 0.214. The molecule has 0 saturated carbocycles. The summed E-state index contributed by atoms with van der Waals surface area (Å²) in [5.74, 6) is -0.833. The number of carboxylic acids is 1. The molecule has 0 saturated heterocycles. The Morgan fingerprint density at radius 2 is 1.33 bits per heavy atom. The molecule has 0 aliphatic heterocycles. The van der Waals surface area contributed by atoms with Crippen LogP contribution in [0.3, 0.4) is 0 Å². The van der Waals surface area contributed by atoms with E-state index in [0.717, 1.165) is 6.92 Å². The van der Waals surface area contributed by atoms with Gasteiger partial charge in [-0.3, -0.25) is 4.79 Å². The molecule has 2 rings (SSSR count). The molecule has 0 aliphatic rings. The van der Waals surface area contributed by atoms with Gasteiger partial charge >= 0.3 is 0 Å². The van der Waals surface area contributed by atoms with Gasteiger partial charge in [0.1, 0.15) is 10.3 Å². The summed E-state index contributed by atoms with van der Waals surface area (Å²) < 4.78 is 0. The maximum atomic E-state index is 9.00. The van der Waals surface area contributed by atoms with E-state index in [1.807, 2.05) is 24.3 Å². The van der Waals surface area contributed by atoms with E-state index in [4.69, 9.17) is 38.2 Å². The first-order valence-electron chi connectivity index (χ1n) is 5.87. The Bertz CT molecular complexity index is 415. The highest BCUT2D eigenvalue weighted by Gasteiger charge is 1.77. The number of halogens is 2. The third kappa shape index (κ3) is 23.8. The van der Waals surface area contributed by atoms with Gasteiger partial charge in [0.15, 0.2) is 0 Å². The van der Waals surface area contributed by atoms with Crippen molar-refractivity contribution >= 4 is 29.2 Å². The van der Waals surface area contributed by atoms with Crippen LogP contribution < -0.4 is 0 Å². The molecular formula is C14H18Cl2N2O3. The van der Waals surface area contributed by atoms with E-state index in [9.17, 15) is 0 Å². The van der Waals surface area contributed by atoms with Crippen LogP contribution in [0.15, 0.2) is 48.8 Å². The van der Waals surface area contributed by atoms with Crippen LogP contribution in [0.4, 0.5) is 0 Å². The average Bonchev–Trinajstić information content (AvgIpc) is 2.41. The van der Waals surface area contributed by atoms with E-state index >= 15 is 0 Å². The SMILES string of the molecule is CC(=O)O.CCO.Clc1ccccn1.Clc1ccccn1. The summed E-state index contributed by atoms with van der Waals surface area (Å²) in [5.41, 5.74) is 0.